The lowest BCUT2D eigenvalue weighted by Crippen LogP contribution is -2.07. The van der Waals surface area contributed by atoms with Gasteiger partial charge in [0.15, 0.2) is 11.5 Å². The molecule has 9 nitrogen and oxygen atoms in total. The lowest BCUT2D eigenvalue weighted by Gasteiger charge is -2.13. The molecule has 21 heavy (non-hydrogen) atoms. The Morgan fingerprint density at radius 2 is 2.29 bits per heavy atom. The number of nitrogen functional groups attached to an aromatic ring is 1. The highest BCUT2D eigenvalue weighted by Gasteiger charge is 2.28. The summed E-state index contributed by atoms with van der Waals surface area (Å²) in [7, 11) is -2.76. The molecule has 0 amide bonds. The number of nitrogens with zero attached hydrogens (tertiary/aromatic N) is 5. The first kappa shape index (κ1) is 14.1. The SMILES string of the molecule is Nc1ncnc2c1ncn2[C@H]1CC[C@@H](CO[PH](=O)N=O)C1. The van der Waals surface area contributed by atoms with Gasteiger partial charge in [-0.25, -0.2) is 15.0 Å². The summed E-state index contributed by atoms with van der Waals surface area (Å²) >= 11 is 0. The zero-order valence-corrected chi connectivity index (χ0v) is 12.2. The molecule has 1 saturated carbocycles. The van der Waals surface area contributed by atoms with Gasteiger partial charge in [-0.15, -0.1) is 4.91 Å². The number of rotatable bonds is 5. The molecule has 10 heteroatoms. The van der Waals surface area contributed by atoms with E-state index in [1.807, 2.05) is 4.57 Å². The van der Waals surface area contributed by atoms with Crippen LogP contribution in [-0.2, 0) is 9.09 Å². The van der Waals surface area contributed by atoms with Crippen molar-refractivity contribution in [2.75, 3.05) is 12.3 Å². The van der Waals surface area contributed by atoms with Crippen LogP contribution in [0.25, 0.3) is 11.2 Å². The molecule has 0 radical (unpaired) electrons. The normalized spacial score (nSPS) is 23.4. The molecule has 112 valence electrons. The Morgan fingerprint density at radius 1 is 1.43 bits per heavy atom. The topological polar surface area (TPSA) is 125 Å². The summed E-state index contributed by atoms with van der Waals surface area (Å²) in [5.74, 6) is 0.620. The second-order valence-corrected chi connectivity index (χ2v) is 6.09. The van der Waals surface area contributed by atoms with Crippen LogP contribution in [0.3, 0.4) is 0 Å². The van der Waals surface area contributed by atoms with Crippen molar-refractivity contribution in [3.63, 3.8) is 0 Å². The summed E-state index contributed by atoms with van der Waals surface area (Å²) in [4.78, 5) is 24.9. The molecule has 1 aliphatic rings. The van der Waals surface area contributed by atoms with Crippen LogP contribution in [0.4, 0.5) is 5.82 Å². The van der Waals surface area contributed by atoms with Crippen LogP contribution in [0, 0.1) is 10.8 Å². The average Bonchev–Trinajstić information content (AvgIpc) is 3.11. The summed E-state index contributed by atoms with van der Waals surface area (Å²) in [6.07, 6.45) is 5.87. The quantitative estimate of drug-likeness (QED) is 0.660. The van der Waals surface area contributed by atoms with Crippen molar-refractivity contribution >= 4 is 25.2 Å². The standard InChI is InChI=1S/C11H15N6O3P/c12-10-9-11(14-5-13-10)17(6-15-9)8-2-1-7(3-8)4-20-21(19)16-18/h5-8,21H,1-4H2,(H2,12,13,14)/t7-,8+/m1/s1. The van der Waals surface area contributed by atoms with E-state index in [1.165, 1.54) is 6.33 Å². The Bertz CT molecular complexity index is 690. The number of nitrogens with two attached hydrogens (primary N) is 1. The first-order chi connectivity index (χ1) is 10.2. The Labute approximate surface area is 120 Å². The summed E-state index contributed by atoms with van der Waals surface area (Å²) < 4.78 is 17.9. The Hall–Kier alpha value is -1.86. The van der Waals surface area contributed by atoms with Gasteiger partial charge in [0.25, 0.3) is 0 Å². The molecule has 0 aromatic carbocycles. The number of hydrogen-bond acceptors (Lipinski definition) is 7. The Morgan fingerprint density at radius 3 is 3.10 bits per heavy atom. The van der Waals surface area contributed by atoms with Gasteiger partial charge in [-0.2, -0.15) is 0 Å². The van der Waals surface area contributed by atoms with Crippen molar-refractivity contribution in [3.05, 3.63) is 17.6 Å². The van der Waals surface area contributed by atoms with Crippen LogP contribution >= 0.6 is 8.18 Å². The molecule has 2 aromatic heterocycles. The third-order valence-electron chi connectivity index (χ3n) is 3.81. The highest BCUT2D eigenvalue weighted by atomic mass is 31.1. The van der Waals surface area contributed by atoms with E-state index in [4.69, 9.17) is 10.3 Å². The Kier molecular flexibility index (Phi) is 3.94. The van der Waals surface area contributed by atoms with Gasteiger partial charge in [-0.05, 0) is 25.2 Å². The van der Waals surface area contributed by atoms with E-state index in [-0.39, 0.29) is 12.0 Å². The van der Waals surface area contributed by atoms with E-state index in [1.54, 1.807) is 6.33 Å². The molecule has 3 rings (SSSR count). The van der Waals surface area contributed by atoms with Gasteiger partial charge in [-0.3, -0.25) is 4.57 Å². The minimum atomic E-state index is -2.76. The van der Waals surface area contributed by atoms with Gasteiger partial charge in [0, 0.05) is 11.0 Å². The molecule has 1 unspecified atom stereocenters. The van der Waals surface area contributed by atoms with Crippen molar-refractivity contribution in [1.29, 1.82) is 0 Å². The van der Waals surface area contributed by atoms with Gasteiger partial charge >= 0.3 is 8.18 Å². The maximum atomic E-state index is 10.9. The van der Waals surface area contributed by atoms with Gasteiger partial charge < -0.3 is 14.8 Å². The van der Waals surface area contributed by atoms with Crippen LogP contribution in [0.15, 0.2) is 17.6 Å². The van der Waals surface area contributed by atoms with E-state index >= 15 is 0 Å². The minimum absolute atomic E-state index is 0.240. The maximum Gasteiger partial charge on any atom is 0.341 e. The molecule has 2 N–H and O–H groups in total. The number of hydrogen-bond donors (Lipinski definition) is 1. The largest absolute Gasteiger partial charge is 0.382 e. The third-order valence-corrected chi connectivity index (χ3v) is 4.37. The summed E-state index contributed by atoms with van der Waals surface area (Å²) in [6.45, 7) is 0.295. The molecule has 2 heterocycles. The van der Waals surface area contributed by atoms with E-state index in [0.29, 0.717) is 17.9 Å². The molecule has 0 bridgehead atoms. The smallest absolute Gasteiger partial charge is 0.341 e. The van der Waals surface area contributed by atoms with Crippen molar-refractivity contribution < 1.29 is 9.09 Å². The lowest BCUT2D eigenvalue weighted by atomic mass is 10.1. The minimum Gasteiger partial charge on any atom is -0.382 e. The fourth-order valence-corrected chi connectivity index (χ4v) is 3.24. The molecule has 0 spiro atoms. The van der Waals surface area contributed by atoms with Gasteiger partial charge in [-0.1, -0.05) is 0 Å². The first-order valence-electron chi connectivity index (χ1n) is 6.62. The summed E-state index contributed by atoms with van der Waals surface area (Å²) in [5.41, 5.74) is 7.10. The third kappa shape index (κ3) is 2.79. The molecular formula is C11H15N6O3P. The average molecular weight is 310 g/mol. The number of anilines is 1. The van der Waals surface area contributed by atoms with E-state index in [2.05, 4.69) is 19.9 Å². The molecule has 1 aliphatic carbocycles. The lowest BCUT2D eigenvalue weighted by molar-refractivity contribution is 0.259. The fraction of sp³-hybridized carbons (Fsp3) is 0.545. The van der Waals surface area contributed by atoms with E-state index in [9.17, 15) is 9.47 Å². The van der Waals surface area contributed by atoms with Crippen LogP contribution in [0.1, 0.15) is 25.3 Å². The zero-order chi connectivity index (χ0) is 14.8. The first-order valence-corrected chi connectivity index (χ1v) is 7.88. The number of imidazole rings is 1. The van der Waals surface area contributed by atoms with Crippen LogP contribution in [-0.4, -0.2) is 26.1 Å². The summed E-state index contributed by atoms with van der Waals surface area (Å²) in [6, 6.07) is 0.240. The molecule has 0 saturated heterocycles. The fourth-order valence-electron chi connectivity index (χ4n) is 2.81. The summed E-state index contributed by atoms with van der Waals surface area (Å²) in [5, 5.41) is 0. The molecule has 3 atom stereocenters. The van der Waals surface area contributed by atoms with Crippen molar-refractivity contribution in [2.45, 2.75) is 25.3 Å². The second-order valence-electron chi connectivity index (χ2n) is 5.08. The highest BCUT2D eigenvalue weighted by molar-refractivity contribution is 7.37. The number of fused-ring (bicyclic) bond motifs is 1. The predicted molar refractivity (Wildman–Crippen MR) is 76.9 cm³/mol. The molecule has 1 fully saturated rings. The molecule has 2 aromatic rings. The molecular weight excluding hydrogens is 295 g/mol. The van der Waals surface area contributed by atoms with Crippen LogP contribution in [0.5, 0.6) is 0 Å². The van der Waals surface area contributed by atoms with Crippen LogP contribution in [0.2, 0.25) is 0 Å². The number of nitroso groups, excluding NO2 is 1. The van der Waals surface area contributed by atoms with Crippen molar-refractivity contribution in [1.82, 2.24) is 19.5 Å². The molecule has 0 aliphatic heterocycles. The predicted octanol–water partition coefficient (Wildman–Crippen LogP) is 1.92. The van der Waals surface area contributed by atoms with Crippen molar-refractivity contribution in [3.8, 4) is 0 Å². The van der Waals surface area contributed by atoms with E-state index in [0.717, 1.165) is 24.9 Å². The van der Waals surface area contributed by atoms with Gasteiger partial charge in [0.2, 0.25) is 0 Å². The maximum absolute atomic E-state index is 10.9. The monoisotopic (exact) mass is 310 g/mol. The zero-order valence-electron chi connectivity index (χ0n) is 11.2. The number of aromatic nitrogens is 4. The van der Waals surface area contributed by atoms with Crippen molar-refractivity contribution in [2.24, 2.45) is 10.9 Å². The van der Waals surface area contributed by atoms with Crippen LogP contribution < -0.4 is 5.73 Å². The van der Waals surface area contributed by atoms with Gasteiger partial charge in [0.1, 0.15) is 11.8 Å². The van der Waals surface area contributed by atoms with E-state index < -0.39 is 8.18 Å². The Balaban J connectivity index is 1.72. The van der Waals surface area contributed by atoms with Gasteiger partial charge in [0.05, 0.1) is 12.9 Å². The second kappa shape index (κ2) is 5.87. The highest BCUT2D eigenvalue weighted by Crippen LogP contribution is 2.38.